The summed E-state index contributed by atoms with van der Waals surface area (Å²) in [5.41, 5.74) is 1.62. The van der Waals surface area contributed by atoms with Crippen molar-refractivity contribution in [2.24, 2.45) is 0 Å². The van der Waals surface area contributed by atoms with Crippen LogP contribution in [0.25, 0.3) is 0 Å². The Morgan fingerprint density at radius 1 is 1.14 bits per heavy atom. The first-order valence-corrected chi connectivity index (χ1v) is 6.85. The fourth-order valence-corrected chi connectivity index (χ4v) is 2.38. The van der Waals surface area contributed by atoms with Crippen LogP contribution in [0, 0.1) is 0 Å². The van der Waals surface area contributed by atoms with E-state index in [4.69, 9.17) is 4.74 Å². The van der Waals surface area contributed by atoms with Crippen LogP contribution < -0.4 is 9.64 Å². The highest BCUT2D eigenvalue weighted by molar-refractivity contribution is 5.80. The largest absolute Gasteiger partial charge is 0.497 e. The van der Waals surface area contributed by atoms with Gasteiger partial charge in [0.15, 0.2) is 6.04 Å². The first-order chi connectivity index (χ1) is 10.2. The molecule has 2 aromatic carbocycles. The summed E-state index contributed by atoms with van der Waals surface area (Å²) in [5.74, 6) is -0.156. The lowest BCUT2D eigenvalue weighted by molar-refractivity contribution is -0.138. The Morgan fingerprint density at radius 2 is 1.76 bits per heavy atom. The average molecular weight is 285 g/mol. The van der Waals surface area contributed by atoms with Gasteiger partial charge in [-0.15, -0.1) is 0 Å². The van der Waals surface area contributed by atoms with Gasteiger partial charge in [-0.1, -0.05) is 30.3 Å². The zero-order valence-electron chi connectivity index (χ0n) is 12.2. The van der Waals surface area contributed by atoms with E-state index in [0.29, 0.717) is 12.3 Å². The van der Waals surface area contributed by atoms with Crippen molar-refractivity contribution in [3.8, 4) is 5.75 Å². The van der Waals surface area contributed by atoms with Gasteiger partial charge in [0, 0.05) is 12.2 Å². The van der Waals surface area contributed by atoms with Crippen LogP contribution in [0.1, 0.15) is 18.5 Å². The molecule has 0 radical (unpaired) electrons. The van der Waals surface area contributed by atoms with Crippen molar-refractivity contribution in [2.45, 2.75) is 13.0 Å². The van der Waals surface area contributed by atoms with Gasteiger partial charge in [-0.05, 0) is 36.8 Å². The van der Waals surface area contributed by atoms with Crippen molar-refractivity contribution in [3.05, 3.63) is 60.2 Å². The molecule has 0 aliphatic carbocycles. The molecule has 2 aromatic rings. The number of methoxy groups -OCH3 is 1. The number of hydrogen-bond acceptors (Lipinski definition) is 3. The summed E-state index contributed by atoms with van der Waals surface area (Å²) in [5, 5.41) is 9.64. The zero-order valence-corrected chi connectivity index (χ0v) is 12.2. The first-order valence-electron chi connectivity index (χ1n) is 6.85. The topological polar surface area (TPSA) is 49.8 Å². The first kappa shape index (κ1) is 14.9. The molecule has 0 fully saturated rings. The molecule has 0 aromatic heterocycles. The van der Waals surface area contributed by atoms with Crippen molar-refractivity contribution >= 4 is 11.7 Å². The molecule has 1 N–H and O–H groups in total. The summed E-state index contributed by atoms with van der Waals surface area (Å²) in [6, 6.07) is 16.0. The van der Waals surface area contributed by atoms with Crippen LogP contribution in [0.15, 0.2) is 54.6 Å². The van der Waals surface area contributed by atoms with E-state index in [-0.39, 0.29) is 0 Å². The van der Waals surface area contributed by atoms with Crippen LogP contribution in [-0.2, 0) is 4.79 Å². The Morgan fingerprint density at radius 3 is 2.24 bits per heavy atom. The minimum atomic E-state index is -0.870. The third kappa shape index (κ3) is 3.34. The standard InChI is InChI=1S/C17H19NO3/c1-3-18(14-7-5-4-6-8-14)16(17(19)20)13-9-11-15(21-2)12-10-13/h4-12,16H,3H2,1-2H3,(H,19,20). The second-order valence-corrected chi connectivity index (χ2v) is 4.64. The lowest BCUT2D eigenvalue weighted by Crippen LogP contribution is -2.34. The summed E-state index contributed by atoms with van der Waals surface area (Å²) in [6.45, 7) is 2.56. The second-order valence-electron chi connectivity index (χ2n) is 4.64. The maximum Gasteiger partial charge on any atom is 0.331 e. The molecular weight excluding hydrogens is 266 g/mol. The fourth-order valence-electron chi connectivity index (χ4n) is 2.38. The van der Waals surface area contributed by atoms with Gasteiger partial charge in [-0.3, -0.25) is 0 Å². The molecule has 4 heteroatoms. The Hall–Kier alpha value is -2.49. The highest BCUT2D eigenvalue weighted by atomic mass is 16.5. The lowest BCUT2D eigenvalue weighted by atomic mass is 10.0. The van der Waals surface area contributed by atoms with Crippen molar-refractivity contribution < 1.29 is 14.6 Å². The number of nitrogens with zero attached hydrogens (tertiary/aromatic N) is 1. The summed E-state index contributed by atoms with van der Waals surface area (Å²) in [6.07, 6.45) is 0. The number of likely N-dealkylation sites (N-methyl/N-ethyl adjacent to an activating group) is 1. The molecule has 0 saturated heterocycles. The normalized spacial score (nSPS) is 11.7. The van der Waals surface area contributed by atoms with E-state index in [9.17, 15) is 9.90 Å². The molecule has 0 spiro atoms. The minimum absolute atomic E-state index is 0.604. The van der Waals surface area contributed by atoms with Crippen LogP contribution in [0.5, 0.6) is 5.75 Å². The number of carbonyl (C=O) groups is 1. The van der Waals surface area contributed by atoms with E-state index in [0.717, 1.165) is 11.3 Å². The van der Waals surface area contributed by atoms with E-state index in [1.54, 1.807) is 31.4 Å². The van der Waals surface area contributed by atoms with Gasteiger partial charge in [0.2, 0.25) is 0 Å². The van der Waals surface area contributed by atoms with Gasteiger partial charge >= 0.3 is 5.97 Å². The minimum Gasteiger partial charge on any atom is -0.497 e. The van der Waals surface area contributed by atoms with Crippen LogP contribution in [-0.4, -0.2) is 24.7 Å². The van der Waals surface area contributed by atoms with Gasteiger partial charge in [0.25, 0.3) is 0 Å². The van der Waals surface area contributed by atoms with Gasteiger partial charge in [-0.2, -0.15) is 0 Å². The summed E-state index contributed by atoms with van der Waals surface area (Å²) < 4.78 is 5.12. The quantitative estimate of drug-likeness (QED) is 0.884. The van der Waals surface area contributed by atoms with Gasteiger partial charge in [0.1, 0.15) is 5.75 Å². The van der Waals surface area contributed by atoms with Gasteiger partial charge < -0.3 is 14.7 Å². The molecule has 110 valence electrons. The molecule has 21 heavy (non-hydrogen) atoms. The zero-order chi connectivity index (χ0) is 15.2. The molecule has 1 unspecified atom stereocenters. The van der Waals surface area contributed by atoms with E-state index >= 15 is 0 Å². The van der Waals surface area contributed by atoms with Gasteiger partial charge in [0.05, 0.1) is 7.11 Å². The van der Waals surface area contributed by atoms with Crippen molar-refractivity contribution in [3.63, 3.8) is 0 Å². The Bertz CT molecular complexity index is 581. The van der Waals surface area contributed by atoms with E-state index in [2.05, 4.69) is 0 Å². The highest BCUT2D eigenvalue weighted by Crippen LogP contribution is 2.28. The molecular formula is C17H19NO3. The smallest absolute Gasteiger partial charge is 0.331 e. The van der Waals surface area contributed by atoms with Crippen LogP contribution in [0.3, 0.4) is 0 Å². The highest BCUT2D eigenvalue weighted by Gasteiger charge is 2.26. The molecule has 1 atom stereocenters. The maximum absolute atomic E-state index is 11.8. The number of rotatable bonds is 6. The predicted molar refractivity (Wildman–Crippen MR) is 82.8 cm³/mol. The Labute approximate surface area is 124 Å². The lowest BCUT2D eigenvalue weighted by Gasteiger charge is -2.30. The number of anilines is 1. The molecule has 4 nitrogen and oxygen atoms in total. The Balaban J connectivity index is 2.38. The maximum atomic E-state index is 11.8. The number of hydrogen-bond donors (Lipinski definition) is 1. The van der Waals surface area contributed by atoms with Crippen LogP contribution in [0.4, 0.5) is 5.69 Å². The van der Waals surface area contributed by atoms with Crippen molar-refractivity contribution in [1.82, 2.24) is 0 Å². The van der Waals surface area contributed by atoms with E-state index in [1.807, 2.05) is 42.2 Å². The number of aliphatic carboxylic acids is 1. The third-order valence-corrected chi connectivity index (χ3v) is 3.41. The molecule has 0 saturated carbocycles. The number of carboxylic acids is 1. The number of ether oxygens (including phenoxy) is 1. The molecule has 0 bridgehead atoms. The molecule has 0 heterocycles. The fraction of sp³-hybridized carbons (Fsp3) is 0.235. The monoisotopic (exact) mass is 285 g/mol. The number of benzene rings is 2. The van der Waals surface area contributed by atoms with Crippen molar-refractivity contribution in [2.75, 3.05) is 18.6 Å². The van der Waals surface area contributed by atoms with E-state index in [1.165, 1.54) is 0 Å². The summed E-state index contributed by atoms with van der Waals surface area (Å²) in [4.78, 5) is 13.6. The van der Waals surface area contributed by atoms with Gasteiger partial charge in [-0.25, -0.2) is 4.79 Å². The molecule has 0 aliphatic rings. The molecule has 2 rings (SSSR count). The summed E-state index contributed by atoms with van der Waals surface area (Å²) >= 11 is 0. The second kappa shape index (κ2) is 6.79. The summed E-state index contributed by atoms with van der Waals surface area (Å²) in [7, 11) is 1.59. The predicted octanol–water partition coefficient (Wildman–Crippen LogP) is 3.35. The van der Waals surface area contributed by atoms with Crippen molar-refractivity contribution in [1.29, 1.82) is 0 Å². The van der Waals surface area contributed by atoms with Crippen LogP contribution in [0.2, 0.25) is 0 Å². The number of para-hydroxylation sites is 1. The molecule has 0 amide bonds. The number of carboxylic acid groups (broad SMARTS) is 1. The molecule has 0 aliphatic heterocycles. The van der Waals surface area contributed by atoms with E-state index < -0.39 is 12.0 Å². The third-order valence-electron chi connectivity index (χ3n) is 3.41. The Kier molecular flexibility index (Phi) is 4.82. The SMILES string of the molecule is CCN(c1ccccc1)C(C(=O)O)c1ccc(OC)cc1. The van der Waals surface area contributed by atoms with Crippen LogP contribution >= 0.6 is 0 Å². The average Bonchev–Trinajstić information content (AvgIpc) is 2.53.